The van der Waals surface area contributed by atoms with Crippen LogP contribution in [0.1, 0.15) is 0 Å². The molecule has 0 atom stereocenters. The molecule has 2 rings (SSSR count). The van der Waals surface area contributed by atoms with Gasteiger partial charge in [0.2, 0.25) is 0 Å². The van der Waals surface area contributed by atoms with Crippen LogP contribution in [0.4, 0.5) is 0 Å². The first-order valence-electron chi connectivity index (χ1n) is 3.57. The molecule has 12 heavy (non-hydrogen) atoms. The van der Waals surface area contributed by atoms with Crippen molar-refractivity contribution in [1.82, 2.24) is 0 Å². The first-order valence-corrected chi connectivity index (χ1v) is 4.83. The van der Waals surface area contributed by atoms with E-state index in [1.54, 1.807) is 11.3 Å². The van der Waals surface area contributed by atoms with E-state index in [9.17, 15) is 0 Å². The van der Waals surface area contributed by atoms with Crippen molar-refractivity contribution in [1.29, 1.82) is 0 Å². The number of halogens is 1. The summed E-state index contributed by atoms with van der Waals surface area (Å²) < 4.78 is 0.848. The monoisotopic (exact) mass is 193 g/mol. The van der Waals surface area contributed by atoms with Crippen LogP contribution in [-0.4, -0.2) is 0 Å². The Labute approximate surface area is 80.4 Å². The van der Waals surface area contributed by atoms with Crippen LogP contribution in [0.5, 0.6) is 0 Å². The van der Waals surface area contributed by atoms with Gasteiger partial charge in [-0.05, 0) is 23.1 Å². The van der Waals surface area contributed by atoms with E-state index in [0.29, 0.717) is 0 Å². The highest BCUT2D eigenvalue weighted by Gasteiger charge is 2.02. The molecule has 0 unspecified atom stereocenters. The van der Waals surface area contributed by atoms with Gasteiger partial charge in [-0.25, -0.2) is 0 Å². The summed E-state index contributed by atoms with van der Waals surface area (Å²) in [6, 6.07) is 12.8. The summed E-state index contributed by atoms with van der Waals surface area (Å²) in [5.74, 6) is 0. The average Bonchev–Trinajstić information content (AvgIpc) is 2.53. The van der Waals surface area contributed by atoms with Gasteiger partial charge in [0.1, 0.15) is 4.34 Å². The maximum Gasteiger partial charge on any atom is 0.101 e. The number of hydrogen-bond donors (Lipinski definition) is 0. The molecule has 1 radical (unpaired) electrons. The SMILES string of the molecule is Clc1sccc1-c1cc[c]cc1. The van der Waals surface area contributed by atoms with Crippen molar-refractivity contribution in [3.63, 3.8) is 0 Å². The fraction of sp³-hybridized carbons (Fsp3) is 0. The number of thiophene rings is 1. The molecule has 0 nitrogen and oxygen atoms in total. The van der Waals surface area contributed by atoms with E-state index in [4.69, 9.17) is 11.6 Å². The van der Waals surface area contributed by atoms with Crippen molar-refractivity contribution in [3.05, 3.63) is 46.1 Å². The molecule has 1 aromatic heterocycles. The zero-order valence-electron chi connectivity index (χ0n) is 6.25. The Morgan fingerprint density at radius 2 is 1.92 bits per heavy atom. The summed E-state index contributed by atoms with van der Waals surface area (Å²) in [5.41, 5.74) is 2.26. The van der Waals surface area contributed by atoms with Crippen LogP contribution in [0.2, 0.25) is 4.34 Å². The van der Waals surface area contributed by atoms with Gasteiger partial charge in [-0.2, -0.15) is 0 Å². The van der Waals surface area contributed by atoms with E-state index >= 15 is 0 Å². The van der Waals surface area contributed by atoms with Gasteiger partial charge < -0.3 is 0 Å². The van der Waals surface area contributed by atoms with Gasteiger partial charge in [0.25, 0.3) is 0 Å². The summed E-state index contributed by atoms with van der Waals surface area (Å²) in [6.45, 7) is 0. The first-order chi connectivity index (χ1) is 5.88. The first kappa shape index (κ1) is 7.84. The predicted octanol–water partition coefficient (Wildman–Crippen LogP) is 3.87. The average molecular weight is 194 g/mol. The van der Waals surface area contributed by atoms with Gasteiger partial charge in [-0.3, -0.25) is 0 Å². The number of hydrogen-bond acceptors (Lipinski definition) is 1. The highest BCUT2D eigenvalue weighted by molar-refractivity contribution is 7.15. The van der Waals surface area contributed by atoms with E-state index < -0.39 is 0 Å². The van der Waals surface area contributed by atoms with Crippen molar-refractivity contribution in [2.75, 3.05) is 0 Å². The molecule has 1 heterocycles. The molecule has 1 aromatic carbocycles. The Bertz CT molecular complexity index is 364. The molecule has 0 aliphatic rings. The largest absolute Gasteiger partial charge is 0.131 e. The Kier molecular flexibility index (Phi) is 2.15. The molecule has 2 heteroatoms. The van der Waals surface area contributed by atoms with Gasteiger partial charge in [-0.15, -0.1) is 11.3 Å². The van der Waals surface area contributed by atoms with Gasteiger partial charge in [0.15, 0.2) is 0 Å². The molecule has 0 aliphatic heterocycles. The molecule has 2 aromatic rings. The maximum absolute atomic E-state index is 5.98. The molecule has 0 saturated carbocycles. The van der Waals surface area contributed by atoms with E-state index in [1.165, 1.54) is 0 Å². The lowest BCUT2D eigenvalue weighted by atomic mass is 10.1. The van der Waals surface area contributed by atoms with Crippen LogP contribution in [0.3, 0.4) is 0 Å². The normalized spacial score (nSPS) is 10.1. The van der Waals surface area contributed by atoms with E-state index in [2.05, 4.69) is 6.07 Å². The maximum atomic E-state index is 5.98. The van der Waals surface area contributed by atoms with Crippen molar-refractivity contribution in [2.45, 2.75) is 0 Å². The molecular formula is C10H6ClS. The van der Waals surface area contributed by atoms with Crippen LogP contribution >= 0.6 is 22.9 Å². The van der Waals surface area contributed by atoms with Gasteiger partial charge in [0, 0.05) is 5.56 Å². The quantitative estimate of drug-likeness (QED) is 0.645. The lowest BCUT2D eigenvalue weighted by molar-refractivity contribution is 1.66. The van der Waals surface area contributed by atoms with E-state index in [-0.39, 0.29) is 0 Å². The van der Waals surface area contributed by atoms with Crippen LogP contribution in [0, 0.1) is 6.07 Å². The second-order valence-electron chi connectivity index (χ2n) is 2.40. The third-order valence-corrected chi connectivity index (χ3v) is 2.82. The summed E-state index contributed by atoms with van der Waals surface area (Å²) in [5, 5.41) is 1.99. The Morgan fingerprint density at radius 1 is 1.17 bits per heavy atom. The third kappa shape index (κ3) is 1.38. The number of benzene rings is 1. The molecule has 0 saturated heterocycles. The Hall–Kier alpha value is -0.790. The van der Waals surface area contributed by atoms with Gasteiger partial charge in [0.05, 0.1) is 0 Å². The minimum atomic E-state index is 0.848. The highest BCUT2D eigenvalue weighted by atomic mass is 35.5. The van der Waals surface area contributed by atoms with Crippen LogP contribution < -0.4 is 0 Å². The van der Waals surface area contributed by atoms with Crippen molar-refractivity contribution < 1.29 is 0 Å². The minimum absolute atomic E-state index is 0.848. The topological polar surface area (TPSA) is 0 Å². The van der Waals surface area contributed by atoms with Crippen molar-refractivity contribution in [3.8, 4) is 11.1 Å². The molecule has 0 aliphatic carbocycles. The molecule has 0 N–H and O–H groups in total. The summed E-state index contributed by atoms with van der Waals surface area (Å²) in [4.78, 5) is 0. The molecule has 0 bridgehead atoms. The van der Waals surface area contributed by atoms with E-state index in [0.717, 1.165) is 15.5 Å². The van der Waals surface area contributed by atoms with E-state index in [1.807, 2.05) is 35.7 Å². The Morgan fingerprint density at radius 3 is 2.50 bits per heavy atom. The molecular weight excluding hydrogens is 188 g/mol. The van der Waals surface area contributed by atoms with Crippen molar-refractivity contribution >= 4 is 22.9 Å². The predicted molar refractivity (Wildman–Crippen MR) is 53.6 cm³/mol. The van der Waals surface area contributed by atoms with Crippen LogP contribution in [0.15, 0.2) is 35.7 Å². The fourth-order valence-corrected chi connectivity index (χ4v) is 2.03. The smallest absolute Gasteiger partial charge is 0.101 e. The minimum Gasteiger partial charge on any atom is -0.131 e. The van der Waals surface area contributed by atoms with Crippen LogP contribution in [0.25, 0.3) is 11.1 Å². The lowest BCUT2D eigenvalue weighted by Crippen LogP contribution is -1.71. The lowest BCUT2D eigenvalue weighted by Gasteiger charge is -1.96. The number of rotatable bonds is 1. The summed E-state index contributed by atoms with van der Waals surface area (Å²) in [7, 11) is 0. The zero-order valence-corrected chi connectivity index (χ0v) is 7.82. The third-order valence-electron chi connectivity index (χ3n) is 1.65. The highest BCUT2D eigenvalue weighted by Crippen LogP contribution is 2.31. The second kappa shape index (κ2) is 3.30. The second-order valence-corrected chi connectivity index (χ2v) is 3.91. The molecule has 59 valence electrons. The zero-order chi connectivity index (χ0) is 8.39. The molecule has 0 amide bonds. The summed E-state index contributed by atoms with van der Waals surface area (Å²) in [6.07, 6.45) is 0. The molecule has 0 fully saturated rings. The van der Waals surface area contributed by atoms with Gasteiger partial charge in [-0.1, -0.05) is 35.9 Å². The fourth-order valence-electron chi connectivity index (χ4n) is 1.07. The standard InChI is InChI=1S/C10H6ClS/c11-10-9(6-7-12-10)8-4-2-1-3-5-8/h2-7H. The summed E-state index contributed by atoms with van der Waals surface area (Å²) >= 11 is 7.54. The van der Waals surface area contributed by atoms with Crippen molar-refractivity contribution in [2.24, 2.45) is 0 Å². The Balaban J connectivity index is 2.51. The van der Waals surface area contributed by atoms with Gasteiger partial charge >= 0.3 is 0 Å². The molecule has 0 spiro atoms. The van der Waals surface area contributed by atoms with Crippen LogP contribution in [-0.2, 0) is 0 Å².